The first-order valence-electron chi connectivity index (χ1n) is 2.54. The topological polar surface area (TPSA) is 80.4 Å². The Balaban J connectivity index is 2.99. The SMILES string of the molecule is O=C(S)c1cc(C(=O)O)on1. The van der Waals surface area contributed by atoms with Crippen molar-refractivity contribution in [3.8, 4) is 0 Å². The maximum atomic E-state index is 10.4. The molecule has 0 saturated heterocycles. The molecule has 0 aliphatic carbocycles. The van der Waals surface area contributed by atoms with Crippen molar-refractivity contribution in [2.75, 3.05) is 0 Å². The van der Waals surface area contributed by atoms with Crippen molar-refractivity contribution in [3.05, 3.63) is 17.5 Å². The van der Waals surface area contributed by atoms with Gasteiger partial charge in [0.2, 0.25) is 10.9 Å². The van der Waals surface area contributed by atoms with Gasteiger partial charge in [-0.05, 0) is 0 Å². The van der Waals surface area contributed by atoms with Crippen LogP contribution in [0.1, 0.15) is 21.0 Å². The van der Waals surface area contributed by atoms with Crippen LogP contribution in [0.25, 0.3) is 0 Å². The number of carbonyl (C=O) groups is 2. The number of thiol groups is 1. The Morgan fingerprint density at radius 3 is 2.55 bits per heavy atom. The van der Waals surface area contributed by atoms with Gasteiger partial charge >= 0.3 is 5.97 Å². The van der Waals surface area contributed by atoms with Crippen molar-refractivity contribution in [2.45, 2.75) is 0 Å². The molecule has 11 heavy (non-hydrogen) atoms. The van der Waals surface area contributed by atoms with Crippen LogP contribution in [0, 0.1) is 0 Å². The second-order valence-corrected chi connectivity index (χ2v) is 2.09. The molecule has 1 N–H and O–H groups in total. The summed E-state index contributed by atoms with van der Waals surface area (Å²) in [5, 5.41) is 10.8. The summed E-state index contributed by atoms with van der Waals surface area (Å²) in [7, 11) is 0. The highest BCUT2D eigenvalue weighted by Gasteiger charge is 2.13. The number of carbonyl (C=O) groups excluding carboxylic acids is 1. The molecule has 0 aliphatic rings. The Bertz CT molecular complexity index is 277. The lowest BCUT2D eigenvalue weighted by atomic mass is 10.4. The highest BCUT2D eigenvalue weighted by Crippen LogP contribution is 2.05. The maximum Gasteiger partial charge on any atom is 0.374 e. The molecule has 0 spiro atoms. The number of rotatable bonds is 2. The van der Waals surface area contributed by atoms with E-state index in [-0.39, 0.29) is 11.5 Å². The molecular weight excluding hydrogens is 170 g/mol. The molecule has 1 aromatic heterocycles. The van der Waals surface area contributed by atoms with Crippen LogP contribution in [0.3, 0.4) is 0 Å². The molecule has 5 nitrogen and oxygen atoms in total. The molecule has 1 rings (SSSR count). The third-order valence-corrected chi connectivity index (χ3v) is 1.17. The van der Waals surface area contributed by atoms with Gasteiger partial charge in [0.05, 0.1) is 0 Å². The van der Waals surface area contributed by atoms with Gasteiger partial charge < -0.3 is 9.63 Å². The predicted molar refractivity (Wildman–Crippen MR) is 36.8 cm³/mol. The number of aromatic carboxylic acids is 1. The van der Waals surface area contributed by atoms with Gasteiger partial charge in [-0.2, -0.15) is 0 Å². The summed E-state index contributed by atoms with van der Waals surface area (Å²) in [5.41, 5.74) is -0.106. The fraction of sp³-hybridized carbons (Fsp3) is 0. The maximum absolute atomic E-state index is 10.4. The van der Waals surface area contributed by atoms with Gasteiger partial charge in [-0.1, -0.05) is 17.8 Å². The van der Waals surface area contributed by atoms with Crippen LogP contribution in [-0.2, 0) is 0 Å². The lowest BCUT2D eigenvalue weighted by Gasteiger charge is -1.77. The number of carboxylic acid groups (broad SMARTS) is 1. The van der Waals surface area contributed by atoms with Crippen molar-refractivity contribution in [1.29, 1.82) is 0 Å². The van der Waals surface area contributed by atoms with Gasteiger partial charge in [0.15, 0.2) is 5.69 Å². The summed E-state index contributed by atoms with van der Waals surface area (Å²) in [6.45, 7) is 0. The molecule has 1 heterocycles. The Morgan fingerprint density at radius 1 is 1.64 bits per heavy atom. The largest absolute Gasteiger partial charge is 0.475 e. The van der Waals surface area contributed by atoms with E-state index >= 15 is 0 Å². The van der Waals surface area contributed by atoms with E-state index in [1.165, 1.54) is 0 Å². The summed E-state index contributed by atoms with van der Waals surface area (Å²) < 4.78 is 4.27. The van der Waals surface area contributed by atoms with Crippen LogP contribution in [0.15, 0.2) is 10.6 Å². The zero-order chi connectivity index (χ0) is 8.43. The van der Waals surface area contributed by atoms with Gasteiger partial charge in [-0.15, -0.1) is 0 Å². The molecule has 0 aliphatic heterocycles. The molecule has 58 valence electrons. The fourth-order valence-corrected chi connectivity index (χ4v) is 0.582. The van der Waals surface area contributed by atoms with Crippen LogP contribution in [0.5, 0.6) is 0 Å². The fourth-order valence-electron chi connectivity index (χ4n) is 0.477. The monoisotopic (exact) mass is 173 g/mol. The molecule has 1 aromatic rings. The average Bonchev–Trinajstić information content (AvgIpc) is 2.33. The summed E-state index contributed by atoms with van der Waals surface area (Å²) in [6.07, 6.45) is 0. The van der Waals surface area contributed by atoms with Gasteiger partial charge in [0, 0.05) is 6.07 Å². The molecule has 0 amide bonds. The third kappa shape index (κ3) is 1.58. The zero-order valence-electron chi connectivity index (χ0n) is 5.14. The highest BCUT2D eigenvalue weighted by atomic mass is 32.1. The lowest BCUT2D eigenvalue weighted by molar-refractivity contribution is 0.0651. The number of hydrogen-bond acceptors (Lipinski definition) is 4. The van der Waals surface area contributed by atoms with E-state index in [0.29, 0.717) is 0 Å². The minimum Gasteiger partial charge on any atom is -0.475 e. The van der Waals surface area contributed by atoms with Gasteiger partial charge in [-0.25, -0.2) is 4.79 Å². The summed E-state index contributed by atoms with van der Waals surface area (Å²) in [4.78, 5) is 20.6. The third-order valence-electron chi connectivity index (χ3n) is 0.940. The molecule has 0 saturated carbocycles. The second-order valence-electron chi connectivity index (χ2n) is 1.69. The summed E-state index contributed by atoms with van der Waals surface area (Å²) in [5.74, 6) is -1.64. The second kappa shape index (κ2) is 2.75. The van der Waals surface area contributed by atoms with E-state index in [0.717, 1.165) is 6.07 Å². The minimum atomic E-state index is -1.27. The first-order valence-corrected chi connectivity index (χ1v) is 2.99. The predicted octanol–water partition coefficient (Wildman–Crippen LogP) is 0.443. The summed E-state index contributed by atoms with van der Waals surface area (Å²) >= 11 is 3.42. The molecule has 0 fully saturated rings. The van der Waals surface area contributed by atoms with Crippen molar-refractivity contribution in [3.63, 3.8) is 0 Å². The average molecular weight is 173 g/mol. The number of hydrogen-bond donors (Lipinski definition) is 2. The van der Waals surface area contributed by atoms with E-state index < -0.39 is 11.1 Å². The van der Waals surface area contributed by atoms with Crippen LogP contribution < -0.4 is 0 Å². The minimum absolute atomic E-state index is 0.106. The molecule has 0 bridgehead atoms. The summed E-state index contributed by atoms with van der Waals surface area (Å²) in [6, 6.07) is 1.01. The van der Waals surface area contributed by atoms with Gasteiger partial charge in [0.1, 0.15) is 0 Å². The molecule has 0 aromatic carbocycles. The number of nitrogens with zero attached hydrogens (tertiary/aromatic N) is 1. The Morgan fingerprint density at radius 2 is 2.27 bits per heavy atom. The molecule has 0 atom stereocenters. The Kier molecular flexibility index (Phi) is 1.95. The van der Waals surface area contributed by atoms with Crippen LogP contribution in [0.4, 0.5) is 0 Å². The van der Waals surface area contributed by atoms with Crippen LogP contribution >= 0.6 is 12.6 Å². The highest BCUT2D eigenvalue weighted by molar-refractivity contribution is 7.97. The van der Waals surface area contributed by atoms with Crippen molar-refractivity contribution < 1.29 is 19.2 Å². The number of aromatic nitrogens is 1. The van der Waals surface area contributed by atoms with Crippen molar-refractivity contribution in [2.24, 2.45) is 0 Å². The molecule has 6 heteroatoms. The van der Waals surface area contributed by atoms with Crippen LogP contribution in [-0.4, -0.2) is 21.3 Å². The zero-order valence-corrected chi connectivity index (χ0v) is 6.04. The Labute approximate surface area is 66.4 Å². The van der Waals surface area contributed by atoms with Crippen molar-refractivity contribution >= 4 is 23.7 Å². The van der Waals surface area contributed by atoms with Crippen molar-refractivity contribution in [1.82, 2.24) is 5.16 Å². The van der Waals surface area contributed by atoms with Gasteiger partial charge in [-0.3, -0.25) is 4.79 Å². The van der Waals surface area contributed by atoms with E-state index in [1.807, 2.05) is 0 Å². The van der Waals surface area contributed by atoms with Gasteiger partial charge in [0.25, 0.3) is 0 Å². The normalized spacial score (nSPS) is 9.55. The van der Waals surface area contributed by atoms with E-state index in [4.69, 9.17) is 5.11 Å². The first kappa shape index (κ1) is 7.80. The van der Waals surface area contributed by atoms with E-state index in [9.17, 15) is 9.59 Å². The molecular formula is C5H3NO4S. The standard InChI is InChI=1S/C5H3NO4S/c7-4(8)3-1-2(5(9)11)6-10-3/h1H,(H,7,8)(H,9,11). The van der Waals surface area contributed by atoms with E-state index in [2.05, 4.69) is 22.3 Å². The Hall–Kier alpha value is -1.30. The first-order chi connectivity index (χ1) is 5.11. The quantitative estimate of drug-likeness (QED) is 0.634. The molecule has 0 unspecified atom stereocenters. The smallest absolute Gasteiger partial charge is 0.374 e. The van der Waals surface area contributed by atoms with E-state index in [1.54, 1.807) is 0 Å². The molecule has 0 radical (unpaired) electrons. The van der Waals surface area contributed by atoms with Crippen LogP contribution in [0.2, 0.25) is 0 Å². The number of carboxylic acids is 1. The lowest BCUT2D eigenvalue weighted by Crippen LogP contribution is -1.92.